The first-order valence-corrected chi connectivity index (χ1v) is 6.36. The first-order chi connectivity index (χ1) is 7.81. The van der Waals surface area contributed by atoms with Gasteiger partial charge in [0.2, 0.25) is 0 Å². The van der Waals surface area contributed by atoms with E-state index in [4.69, 9.17) is 0 Å². The summed E-state index contributed by atoms with van der Waals surface area (Å²) < 4.78 is 0. The van der Waals surface area contributed by atoms with E-state index < -0.39 is 0 Å². The van der Waals surface area contributed by atoms with Gasteiger partial charge in [0, 0.05) is 25.3 Å². The van der Waals surface area contributed by atoms with Gasteiger partial charge in [-0.15, -0.1) is 0 Å². The van der Waals surface area contributed by atoms with Crippen LogP contribution in [-0.4, -0.2) is 19.6 Å². The van der Waals surface area contributed by atoms with E-state index in [0.717, 1.165) is 26.2 Å². The summed E-state index contributed by atoms with van der Waals surface area (Å²) in [5, 5.41) is 3.41. The molecule has 1 aromatic carbocycles. The molecule has 0 aliphatic heterocycles. The summed E-state index contributed by atoms with van der Waals surface area (Å²) in [5.41, 5.74) is 2.69. The topological polar surface area (TPSA) is 15.3 Å². The predicted molar refractivity (Wildman–Crippen MR) is 72.0 cm³/mol. The Morgan fingerprint density at radius 3 is 2.12 bits per heavy atom. The minimum atomic E-state index is 0.979. The van der Waals surface area contributed by atoms with E-state index in [1.54, 1.807) is 0 Å². The molecule has 1 N–H and O–H groups in total. The van der Waals surface area contributed by atoms with Gasteiger partial charge in [-0.3, -0.25) is 0 Å². The average Bonchev–Trinajstić information content (AvgIpc) is 2.33. The summed E-state index contributed by atoms with van der Waals surface area (Å²) in [5.74, 6) is 0. The van der Waals surface area contributed by atoms with E-state index in [1.807, 2.05) is 0 Å². The number of benzene rings is 1. The Labute approximate surface area is 99.7 Å². The largest absolute Gasteiger partial charge is 0.372 e. The number of hydrogen-bond donors (Lipinski definition) is 1. The van der Waals surface area contributed by atoms with Crippen molar-refractivity contribution in [1.82, 2.24) is 5.32 Å². The van der Waals surface area contributed by atoms with Gasteiger partial charge in [0.05, 0.1) is 0 Å². The molecule has 0 bridgehead atoms. The minimum Gasteiger partial charge on any atom is -0.372 e. The molecular formula is C14H24N2. The van der Waals surface area contributed by atoms with Crippen LogP contribution >= 0.6 is 0 Å². The molecule has 2 heteroatoms. The molecule has 1 rings (SSSR count). The van der Waals surface area contributed by atoms with E-state index in [1.165, 1.54) is 17.7 Å². The normalized spacial score (nSPS) is 10.4. The van der Waals surface area contributed by atoms with Crippen molar-refractivity contribution in [1.29, 1.82) is 0 Å². The second kappa shape index (κ2) is 7.29. The Morgan fingerprint density at radius 2 is 1.62 bits per heavy atom. The monoisotopic (exact) mass is 220 g/mol. The lowest BCUT2D eigenvalue weighted by Gasteiger charge is -2.21. The molecule has 0 atom stereocenters. The van der Waals surface area contributed by atoms with Gasteiger partial charge in [0.25, 0.3) is 0 Å². The molecule has 0 unspecified atom stereocenters. The third-order valence-corrected chi connectivity index (χ3v) is 2.82. The third-order valence-electron chi connectivity index (χ3n) is 2.82. The predicted octanol–water partition coefficient (Wildman–Crippen LogP) is 3.03. The van der Waals surface area contributed by atoms with Gasteiger partial charge in [-0.1, -0.05) is 19.1 Å². The van der Waals surface area contributed by atoms with Gasteiger partial charge in [-0.25, -0.2) is 0 Å². The van der Waals surface area contributed by atoms with Gasteiger partial charge in [0.15, 0.2) is 0 Å². The number of nitrogens with one attached hydrogen (secondary N) is 1. The highest BCUT2D eigenvalue weighted by molar-refractivity contribution is 5.47. The average molecular weight is 220 g/mol. The van der Waals surface area contributed by atoms with Crippen molar-refractivity contribution in [3.05, 3.63) is 29.8 Å². The molecule has 0 aliphatic rings. The van der Waals surface area contributed by atoms with E-state index >= 15 is 0 Å². The molecule has 2 nitrogen and oxygen atoms in total. The summed E-state index contributed by atoms with van der Waals surface area (Å²) in [4.78, 5) is 2.36. The molecule has 0 aromatic heterocycles. The van der Waals surface area contributed by atoms with Crippen LogP contribution in [0.3, 0.4) is 0 Å². The fourth-order valence-electron chi connectivity index (χ4n) is 1.82. The summed E-state index contributed by atoms with van der Waals surface area (Å²) in [6, 6.07) is 8.87. The number of rotatable bonds is 7. The van der Waals surface area contributed by atoms with Crippen LogP contribution in [0.4, 0.5) is 5.69 Å². The second-order valence-corrected chi connectivity index (χ2v) is 4.02. The third kappa shape index (κ3) is 3.86. The lowest BCUT2D eigenvalue weighted by atomic mass is 10.2. The summed E-state index contributed by atoms with van der Waals surface area (Å²) >= 11 is 0. The van der Waals surface area contributed by atoms with Crippen molar-refractivity contribution in [3.63, 3.8) is 0 Å². The number of anilines is 1. The van der Waals surface area contributed by atoms with Crippen molar-refractivity contribution < 1.29 is 0 Å². The second-order valence-electron chi connectivity index (χ2n) is 4.02. The summed E-state index contributed by atoms with van der Waals surface area (Å²) in [7, 11) is 0. The molecule has 0 heterocycles. The van der Waals surface area contributed by atoms with Gasteiger partial charge >= 0.3 is 0 Å². The summed E-state index contributed by atoms with van der Waals surface area (Å²) in [6.45, 7) is 10.8. The van der Waals surface area contributed by atoms with E-state index in [-0.39, 0.29) is 0 Å². The highest BCUT2D eigenvalue weighted by Gasteiger charge is 2.00. The van der Waals surface area contributed by atoms with Crippen LogP contribution in [0.25, 0.3) is 0 Å². The number of hydrogen-bond acceptors (Lipinski definition) is 2. The Hall–Kier alpha value is -1.02. The Morgan fingerprint density at radius 1 is 1.00 bits per heavy atom. The maximum atomic E-state index is 3.41. The highest BCUT2D eigenvalue weighted by Crippen LogP contribution is 2.14. The zero-order valence-corrected chi connectivity index (χ0v) is 10.8. The van der Waals surface area contributed by atoms with Crippen LogP contribution < -0.4 is 10.2 Å². The molecule has 1 aromatic rings. The van der Waals surface area contributed by atoms with Crippen LogP contribution in [0.15, 0.2) is 24.3 Å². The molecule has 0 saturated carbocycles. The van der Waals surface area contributed by atoms with E-state index in [2.05, 4.69) is 55.3 Å². The van der Waals surface area contributed by atoms with Crippen LogP contribution in [0.1, 0.15) is 32.8 Å². The maximum absolute atomic E-state index is 3.41. The number of nitrogens with zero attached hydrogens (tertiary/aromatic N) is 1. The molecular weight excluding hydrogens is 196 g/mol. The highest BCUT2D eigenvalue weighted by atomic mass is 15.1. The molecule has 0 saturated heterocycles. The first kappa shape index (κ1) is 13.0. The summed E-state index contributed by atoms with van der Waals surface area (Å²) in [6.07, 6.45) is 1.19. The van der Waals surface area contributed by atoms with Crippen LogP contribution in [0.5, 0.6) is 0 Å². The quantitative estimate of drug-likeness (QED) is 0.711. The molecule has 0 aliphatic carbocycles. The molecule has 0 amide bonds. The standard InChI is InChI=1S/C14H24N2/c1-4-11-15-12-13-7-9-14(10-8-13)16(5-2)6-3/h7-10,15H,4-6,11-12H2,1-3H3. The van der Waals surface area contributed by atoms with Crippen molar-refractivity contribution in [2.75, 3.05) is 24.5 Å². The molecule has 16 heavy (non-hydrogen) atoms. The SMILES string of the molecule is CCCNCc1ccc(N(CC)CC)cc1. The van der Waals surface area contributed by atoms with Gasteiger partial charge in [0.1, 0.15) is 0 Å². The smallest absolute Gasteiger partial charge is 0.0366 e. The first-order valence-electron chi connectivity index (χ1n) is 6.36. The fourth-order valence-corrected chi connectivity index (χ4v) is 1.82. The maximum Gasteiger partial charge on any atom is 0.0366 e. The van der Waals surface area contributed by atoms with Crippen molar-refractivity contribution in [2.45, 2.75) is 33.7 Å². The fraction of sp³-hybridized carbons (Fsp3) is 0.571. The molecule has 0 radical (unpaired) electrons. The Kier molecular flexibility index (Phi) is 5.94. The zero-order valence-electron chi connectivity index (χ0n) is 10.8. The lowest BCUT2D eigenvalue weighted by molar-refractivity contribution is 0.675. The van der Waals surface area contributed by atoms with Gasteiger partial charge in [-0.05, 0) is 44.5 Å². The Bertz CT molecular complexity index is 275. The Balaban J connectivity index is 2.53. The lowest BCUT2D eigenvalue weighted by Crippen LogP contribution is -2.21. The van der Waals surface area contributed by atoms with E-state index in [0.29, 0.717) is 0 Å². The van der Waals surface area contributed by atoms with Crippen LogP contribution in [-0.2, 0) is 6.54 Å². The molecule has 90 valence electrons. The van der Waals surface area contributed by atoms with Gasteiger partial charge < -0.3 is 10.2 Å². The van der Waals surface area contributed by atoms with Crippen LogP contribution in [0.2, 0.25) is 0 Å². The van der Waals surface area contributed by atoms with Crippen molar-refractivity contribution in [2.24, 2.45) is 0 Å². The van der Waals surface area contributed by atoms with Gasteiger partial charge in [-0.2, -0.15) is 0 Å². The van der Waals surface area contributed by atoms with Crippen LogP contribution in [0, 0.1) is 0 Å². The minimum absolute atomic E-state index is 0.979. The van der Waals surface area contributed by atoms with E-state index in [9.17, 15) is 0 Å². The molecule has 0 spiro atoms. The zero-order chi connectivity index (χ0) is 11.8. The van der Waals surface area contributed by atoms with Crippen molar-refractivity contribution >= 4 is 5.69 Å². The molecule has 0 fully saturated rings. The van der Waals surface area contributed by atoms with Crippen molar-refractivity contribution in [3.8, 4) is 0 Å².